The lowest BCUT2D eigenvalue weighted by Gasteiger charge is -2.12. The smallest absolute Gasteiger partial charge is 0.182 e. The Labute approximate surface area is 291 Å². The average molecular weight is 723 g/mol. The van der Waals surface area contributed by atoms with Gasteiger partial charge < -0.3 is 5.32 Å². The maximum absolute atomic E-state index is 8.57. The number of amidine groups is 2. The Balaban J connectivity index is 0.00000386. The van der Waals surface area contributed by atoms with E-state index in [1.165, 1.54) is 0 Å². The standard InChI is InChI=1S/C40H30N6.HI/c41-37(31-13-5-1-6-14-31)43-38(32-15-7-2-8-16-32)42-35-25-21-29(22-26-35)30-23-27-36(28-24-30)46-40(34-19-11-4-12-20-34)44-39(45-46)33-17-9-3-10-18-33;/h1-28H,(H2,41,42,43);1H. The van der Waals surface area contributed by atoms with Crippen LogP contribution in [0.1, 0.15) is 11.1 Å². The summed E-state index contributed by atoms with van der Waals surface area (Å²) in [6, 6.07) is 56.2. The minimum absolute atomic E-state index is 0. The van der Waals surface area contributed by atoms with Crippen molar-refractivity contribution in [1.82, 2.24) is 14.8 Å². The molecule has 0 unspecified atom stereocenters. The van der Waals surface area contributed by atoms with Gasteiger partial charge >= 0.3 is 0 Å². The van der Waals surface area contributed by atoms with Crippen molar-refractivity contribution in [1.29, 1.82) is 5.41 Å². The summed E-state index contributed by atoms with van der Waals surface area (Å²) in [5, 5.41) is 16.9. The number of aromatic nitrogens is 3. The second-order valence-corrected chi connectivity index (χ2v) is 10.7. The first-order valence-electron chi connectivity index (χ1n) is 15.1. The molecule has 0 saturated heterocycles. The van der Waals surface area contributed by atoms with Gasteiger partial charge in [0.25, 0.3) is 0 Å². The van der Waals surface area contributed by atoms with Crippen LogP contribution < -0.4 is 5.32 Å². The van der Waals surface area contributed by atoms with Gasteiger partial charge in [0, 0.05) is 27.9 Å². The van der Waals surface area contributed by atoms with Crippen molar-refractivity contribution in [3.05, 3.63) is 181 Å². The molecule has 6 aromatic carbocycles. The first kappa shape index (κ1) is 31.3. The van der Waals surface area contributed by atoms with E-state index in [1.807, 2.05) is 126 Å². The van der Waals surface area contributed by atoms with Crippen molar-refractivity contribution in [3.8, 4) is 39.6 Å². The summed E-state index contributed by atoms with van der Waals surface area (Å²) in [5.74, 6) is 2.29. The molecule has 1 aromatic heterocycles. The largest absolute Gasteiger partial charge is 0.340 e. The Bertz CT molecular complexity index is 2090. The van der Waals surface area contributed by atoms with Crippen molar-refractivity contribution >= 4 is 41.3 Å². The van der Waals surface area contributed by atoms with Gasteiger partial charge in [-0.2, -0.15) is 0 Å². The number of nitrogens with one attached hydrogen (secondary N) is 2. The zero-order valence-electron chi connectivity index (χ0n) is 25.4. The third kappa shape index (κ3) is 7.26. The number of aliphatic imine (C=N–C) groups is 1. The van der Waals surface area contributed by atoms with Gasteiger partial charge in [-0.1, -0.05) is 146 Å². The number of halogens is 1. The first-order valence-corrected chi connectivity index (χ1v) is 15.1. The zero-order chi connectivity index (χ0) is 31.1. The van der Waals surface area contributed by atoms with Crippen molar-refractivity contribution in [2.24, 2.45) is 4.99 Å². The Morgan fingerprint density at radius 3 is 1.60 bits per heavy atom. The zero-order valence-corrected chi connectivity index (χ0v) is 27.7. The normalized spacial score (nSPS) is 11.0. The third-order valence-electron chi connectivity index (χ3n) is 7.58. The molecule has 0 amide bonds. The molecule has 0 radical (unpaired) electrons. The molecule has 7 rings (SSSR count). The fourth-order valence-electron chi connectivity index (χ4n) is 5.19. The Hall–Kier alpha value is -5.67. The predicted octanol–water partition coefficient (Wildman–Crippen LogP) is 9.77. The molecule has 0 spiro atoms. The Morgan fingerprint density at radius 2 is 1.02 bits per heavy atom. The molecule has 0 aliphatic heterocycles. The number of rotatable bonds is 7. The Morgan fingerprint density at radius 1 is 0.532 bits per heavy atom. The van der Waals surface area contributed by atoms with Crippen molar-refractivity contribution in [3.63, 3.8) is 0 Å². The van der Waals surface area contributed by atoms with Crippen LogP contribution in [0.15, 0.2) is 175 Å². The van der Waals surface area contributed by atoms with E-state index in [0.29, 0.717) is 11.7 Å². The highest BCUT2D eigenvalue weighted by molar-refractivity contribution is 14.0. The second kappa shape index (κ2) is 14.6. The number of anilines is 1. The summed E-state index contributed by atoms with van der Waals surface area (Å²) < 4.78 is 1.91. The van der Waals surface area contributed by atoms with Gasteiger partial charge in [-0.3, -0.25) is 5.41 Å². The van der Waals surface area contributed by atoms with E-state index >= 15 is 0 Å². The summed E-state index contributed by atoms with van der Waals surface area (Å²) in [5.41, 5.74) is 7.62. The van der Waals surface area contributed by atoms with Gasteiger partial charge in [-0.25, -0.2) is 14.7 Å². The van der Waals surface area contributed by atoms with E-state index < -0.39 is 0 Å². The van der Waals surface area contributed by atoms with Crippen LogP contribution in [0, 0.1) is 5.41 Å². The van der Waals surface area contributed by atoms with Crippen LogP contribution >= 0.6 is 24.0 Å². The van der Waals surface area contributed by atoms with E-state index in [9.17, 15) is 0 Å². The van der Waals surface area contributed by atoms with Gasteiger partial charge in [0.15, 0.2) is 17.5 Å². The average Bonchev–Trinajstić information content (AvgIpc) is 3.59. The van der Waals surface area contributed by atoms with Crippen LogP contribution in [0.4, 0.5) is 5.69 Å². The van der Waals surface area contributed by atoms with Crippen LogP contribution in [-0.4, -0.2) is 26.4 Å². The molecule has 47 heavy (non-hydrogen) atoms. The predicted molar refractivity (Wildman–Crippen MR) is 203 cm³/mol. The molecule has 0 bridgehead atoms. The van der Waals surface area contributed by atoms with Crippen molar-refractivity contribution in [2.45, 2.75) is 0 Å². The summed E-state index contributed by atoms with van der Waals surface area (Å²) in [4.78, 5) is 9.58. The molecule has 0 atom stereocenters. The molecule has 1 heterocycles. The van der Waals surface area contributed by atoms with Gasteiger partial charge in [0.2, 0.25) is 0 Å². The second-order valence-electron chi connectivity index (χ2n) is 10.7. The molecule has 0 saturated carbocycles. The van der Waals surface area contributed by atoms with Gasteiger partial charge in [0.1, 0.15) is 5.84 Å². The van der Waals surface area contributed by atoms with E-state index in [4.69, 9.17) is 15.5 Å². The topological polar surface area (TPSA) is 79.0 Å². The molecule has 0 fully saturated rings. The number of nitrogens with zero attached hydrogens (tertiary/aromatic N) is 4. The summed E-state index contributed by atoms with van der Waals surface area (Å²) >= 11 is 0. The molecular formula is C40H31IN6. The van der Waals surface area contributed by atoms with Crippen LogP contribution in [0.2, 0.25) is 0 Å². The fraction of sp³-hybridized carbons (Fsp3) is 0. The molecule has 0 aliphatic carbocycles. The van der Waals surface area contributed by atoms with E-state index in [1.54, 1.807) is 0 Å². The molecule has 0 aliphatic rings. The molecule has 6 nitrogen and oxygen atoms in total. The lowest BCUT2D eigenvalue weighted by atomic mass is 10.0. The molecular weight excluding hydrogens is 691 g/mol. The maximum Gasteiger partial charge on any atom is 0.182 e. The SMILES string of the molecule is I.N=C(N=C(Nc1ccc(-c2ccc(-n3nc(-c4ccccc4)nc3-c3ccccc3)cc2)cc1)c1ccccc1)c1ccccc1. The number of hydrogen-bond acceptors (Lipinski definition) is 3. The summed E-state index contributed by atoms with van der Waals surface area (Å²) in [7, 11) is 0. The fourth-order valence-corrected chi connectivity index (χ4v) is 5.19. The maximum atomic E-state index is 8.57. The quantitative estimate of drug-likeness (QED) is 0.0977. The highest BCUT2D eigenvalue weighted by Crippen LogP contribution is 2.28. The number of hydrogen-bond donors (Lipinski definition) is 2. The van der Waals surface area contributed by atoms with E-state index in [2.05, 4.69) is 58.8 Å². The van der Waals surface area contributed by atoms with Crippen LogP contribution in [-0.2, 0) is 0 Å². The van der Waals surface area contributed by atoms with Crippen LogP contribution in [0.3, 0.4) is 0 Å². The first-order chi connectivity index (χ1) is 22.7. The summed E-state index contributed by atoms with van der Waals surface area (Å²) in [6.45, 7) is 0. The number of benzene rings is 6. The van der Waals surface area contributed by atoms with Gasteiger partial charge in [0.05, 0.1) is 5.69 Å². The van der Waals surface area contributed by atoms with E-state index in [0.717, 1.165) is 50.6 Å². The molecule has 228 valence electrons. The van der Waals surface area contributed by atoms with Crippen LogP contribution in [0.5, 0.6) is 0 Å². The minimum atomic E-state index is 0. The minimum Gasteiger partial charge on any atom is -0.340 e. The lowest BCUT2D eigenvalue weighted by Crippen LogP contribution is -2.16. The van der Waals surface area contributed by atoms with Crippen LogP contribution in [0.25, 0.3) is 39.6 Å². The van der Waals surface area contributed by atoms with Gasteiger partial charge in [-0.15, -0.1) is 29.1 Å². The van der Waals surface area contributed by atoms with Crippen molar-refractivity contribution < 1.29 is 0 Å². The van der Waals surface area contributed by atoms with E-state index in [-0.39, 0.29) is 29.8 Å². The van der Waals surface area contributed by atoms with Gasteiger partial charge in [-0.05, 0) is 35.4 Å². The highest BCUT2D eigenvalue weighted by Gasteiger charge is 2.15. The summed E-state index contributed by atoms with van der Waals surface area (Å²) in [6.07, 6.45) is 0. The molecule has 7 heteroatoms. The monoisotopic (exact) mass is 722 g/mol. The lowest BCUT2D eigenvalue weighted by molar-refractivity contribution is 0.890. The Kier molecular flexibility index (Phi) is 9.74. The molecule has 2 N–H and O–H groups in total. The molecule has 7 aromatic rings. The third-order valence-corrected chi connectivity index (χ3v) is 7.58. The van der Waals surface area contributed by atoms with Crippen molar-refractivity contribution in [2.75, 3.05) is 5.32 Å². The highest BCUT2D eigenvalue weighted by atomic mass is 127.